The zero-order valence-electron chi connectivity index (χ0n) is 14.7. The Morgan fingerprint density at radius 2 is 2.12 bits per heavy atom. The highest BCUT2D eigenvalue weighted by Gasteiger charge is 2.29. The number of nitrogens with one attached hydrogen (secondary N) is 1. The van der Waals surface area contributed by atoms with Gasteiger partial charge in [-0.05, 0) is 24.0 Å². The Labute approximate surface area is 144 Å². The highest BCUT2D eigenvalue weighted by molar-refractivity contribution is 5.81. The van der Waals surface area contributed by atoms with Gasteiger partial charge in [0.1, 0.15) is 0 Å². The third kappa shape index (κ3) is 3.59. The first-order valence-corrected chi connectivity index (χ1v) is 9.06. The Bertz CT molecular complexity index is 695. The molecule has 0 radical (unpaired) electrons. The van der Waals surface area contributed by atoms with Gasteiger partial charge in [0.25, 0.3) is 0 Å². The Kier molecular flexibility index (Phi) is 5.46. The largest absolute Gasteiger partial charge is 0.342 e. The lowest BCUT2D eigenvalue weighted by atomic mass is 9.89. The van der Waals surface area contributed by atoms with E-state index in [4.69, 9.17) is 0 Å². The fourth-order valence-corrected chi connectivity index (χ4v) is 3.72. The summed E-state index contributed by atoms with van der Waals surface area (Å²) in [6.07, 6.45) is 4.59. The van der Waals surface area contributed by atoms with Crippen molar-refractivity contribution in [1.82, 2.24) is 15.2 Å². The van der Waals surface area contributed by atoms with Crippen LogP contribution in [0.4, 0.5) is 0 Å². The lowest BCUT2D eigenvalue weighted by Crippen LogP contribution is -2.50. The number of nitrogens with zero attached hydrogens (tertiary/aromatic N) is 2. The number of para-hydroxylation sites is 1. The molecule has 0 spiro atoms. The molecule has 0 saturated carbocycles. The van der Waals surface area contributed by atoms with E-state index >= 15 is 0 Å². The summed E-state index contributed by atoms with van der Waals surface area (Å²) in [6.45, 7) is 6.75. The number of hydrogen-bond donors (Lipinski definition) is 1. The average molecular weight is 325 g/mol. The van der Waals surface area contributed by atoms with Crippen LogP contribution in [0.15, 0.2) is 36.5 Å². The Balaban J connectivity index is 1.66. The van der Waals surface area contributed by atoms with Crippen LogP contribution in [0, 0.1) is 5.92 Å². The van der Waals surface area contributed by atoms with Crippen molar-refractivity contribution >= 4 is 16.8 Å². The molecule has 2 heterocycles. The van der Waals surface area contributed by atoms with Crippen molar-refractivity contribution in [2.24, 2.45) is 5.92 Å². The molecule has 2 atom stereocenters. The fourth-order valence-electron chi connectivity index (χ4n) is 3.72. The standard InChI is InChI=1S/C20H27N3O/c1-3-15-14-23(19(24)4-2)12-10-18(15)22-13-17-8-5-7-16-9-6-11-21-20(16)17/h5-9,11,15,18,22H,3-4,10,12-14H2,1-2H3/t15-,18-/m1/s1. The second kappa shape index (κ2) is 7.75. The number of amides is 1. The molecule has 1 aliphatic rings. The van der Waals surface area contributed by atoms with E-state index in [2.05, 4.69) is 41.5 Å². The molecular formula is C20H27N3O. The predicted octanol–water partition coefficient (Wildman–Crippen LogP) is 3.36. The summed E-state index contributed by atoms with van der Waals surface area (Å²) in [5, 5.41) is 4.92. The minimum absolute atomic E-state index is 0.283. The molecule has 1 saturated heterocycles. The zero-order chi connectivity index (χ0) is 16.9. The molecule has 3 rings (SSSR count). The van der Waals surface area contributed by atoms with E-state index in [0.717, 1.165) is 38.0 Å². The van der Waals surface area contributed by atoms with Crippen molar-refractivity contribution in [1.29, 1.82) is 0 Å². The monoisotopic (exact) mass is 325 g/mol. The van der Waals surface area contributed by atoms with Crippen LogP contribution in [-0.2, 0) is 11.3 Å². The van der Waals surface area contributed by atoms with E-state index < -0.39 is 0 Å². The van der Waals surface area contributed by atoms with E-state index in [0.29, 0.717) is 18.4 Å². The normalized spacial score (nSPS) is 21.2. The first-order valence-electron chi connectivity index (χ1n) is 9.06. The van der Waals surface area contributed by atoms with E-state index in [1.807, 2.05) is 24.1 Å². The smallest absolute Gasteiger partial charge is 0.222 e. The van der Waals surface area contributed by atoms with Crippen LogP contribution in [0.2, 0.25) is 0 Å². The zero-order valence-corrected chi connectivity index (χ0v) is 14.7. The molecule has 0 unspecified atom stereocenters. The summed E-state index contributed by atoms with van der Waals surface area (Å²) in [5.74, 6) is 0.808. The lowest BCUT2D eigenvalue weighted by molar-refractivity contribution is -0.133. The van der Waals surface area contributed by atoms with Crippen LogP contribution in [0.25, 0.3) is 10.9 Å². The SMILES string of the molecule is CCC(=O)N1CC[C@@H](NCc2cccc3cccnc23)[C@H](CC)C1. The number of piperidine rings is 1. The first-order chi connectivity index (χ1) is 11.7. The number of benzene rings is 1. The summed E-state index contributed by atoms with van der Waals surface area (Å²) in [5.41, 5.74) is 2.33. The molecule has 128 valence electrons. The number of likely N-dealkylation sites (tertiary alicyclic amines) is 1. The van der Waals surface area contributed by atoms with Gasteiger partial charge in [-0.15, -0.1) is 0 Å². The molecule has 1 N–H and O–H groups in total. The third-order valence-electron chi connectivity index (χ3n) is 5.18. The van der Waals surface area contributed by atoms with Gasteiger partial charge in [-0.25, -0.2) is 0 Å². The summed E-state index contributed by atoms with van der Waals surface area (Å²) in [4.78, 5) is 18.5. The molecule has 2 aromatic rings. The minimum atomic E-state index is 0.283. The van der Waals surface area contributed by atoms with Gasteiger partial charge in [0, 0.05) is 43.7 Å². The molecule has 1 fully saturated rings. The topological polar surface area (TPSA) is 45.2 Å². The van der Waals surface area contributed by atoms with Crippen molar-refractivity contribution < 1.29 is 4.79 Å². The van der Waals surface area contributed by atoms with Gasteiger partial charge in [0.2, 0.25) is 5.91 Å². The van der Waals surface area contributed by atoms with Gasteiger partial charge in [0.15, 0.2) is 0 Å². The molecule has 1 aromatic heterocycles. The quantitative estimate of drug-likeness (QED) is 0.917. The maximum Gasteiger partial charge on any atom is 0.222 e. The Morgan fingerprint density at radius 3 is 2.92 bits per heavy atom. The van der Waals surface area contributed by atoms with Gasteiger partial charge in [0.05, 0.1) is 5.52 Å². The third-order valence-corrected chi connectivity index (χ3v) is 5.18. The van der Waals surface area contributed by atoms with Crippen LogP contribution >= 0.6 is 0 Å². The molecule has 24 heavy (non-hydrogen) atoms. The van der Waals surface area contributed by atoms with E-state index in [1.165, 1.54) is 10.9 Å². The predicted molar refractivity (Wildman–Crippen MR) is 97.6 cm³/mol. The van der Waals surface area contributed by atoms with Gasteiger partial charge in [-0.1, -0.05) is 44.5 Å². The first kappa shape index (κ1) is 16.9. The van der Waals surface area contributed by atoms with Crippen molar-refractivity contribution in [2.45, 2.75) is 45.7 Å². The second-order valence-electron chi connectivity index (χ2n) is 6.63. The number of hydrogen-bond acceptors (Lipinski definition) is 3. The van der Waals surface area contributed by atoms with Crippen LogP contribution in [0.5, 0.6) is 0 Å². The molecule has 4 heteroatoms. The van der Waals surface area contributed by atoms with Crippen LogP contribution in [0.1, 0.15) is 38.7 Å². The summed E-state index contributed by atoms with van der Waals surface area (Å²) >= 11 is 0. The number of fused-ring (bicyclic) bond motifs is 1. The summed E-state index contributed by atoms with van der Waals surface area (Å²) in [6, 6.07) is 10.9. The van der Waals surface area contributed by atoms with Crippen molar-refractivity contribution in [3.63, 3.8) is 0 Å². The number of rotatable bonds is 5. The second-order valence-corrected chi connectivity index (χ2v) is 6.63. The summed E-state index contributed by atoms with van der Waals surface area (Å²) < 4.78 is 0. The average Bonchev–Trinajstić information content (AvgIpc) is 2.65. The lowest BCUT2D eigenvalue weighted by Gasteiger charge is -2.39. The van der Waals surface area contributed by atoms with E-state index in [1.54, 1.807) is 0 Å². The van der Waals surface area contributed by atoms with Crippen LogP contribution < -0.4 is 5.32 Å². The van der Waals surface area contributed by atoms with Crippen molar-refractivity contribution in [3.05, 3.63) is 42.1 Å². The van der Waals surface area contributed by atoms with Crippen molar-refractivity contribution in [2.75, 3.05) is 13.1 Å². The highest BCUT2D eigenvalue weighted by Crippen LogP contribution is 2.22. The molecule has 0 bridgehead atoms. The summed E-state index contributed by atoms with van der Waals surface area (Å²) in [7, 11) is 0. The fraction of sp³-hybridized carbons (Fsp3) is 0.500. The van der Waals surface area contributed by atoms with E-state index in [9.17, 15) is 4.79 Å². The van der Waals surface area contributed by atoms with Crippen LogP contribution in [-0.4, -0.2) is 34.9 Å². The number of carbonyl (C=O) groups is 1. The van der Waals surface area contributed by atoms with Gasteiger partial charge < -0.3 is 10.2 Å². The van der Waals surface area contributed by atoms with Crippen LogP contribution in [0.3, 0.4) is 0 Å². The molecule has 1 amide bonds. The number of pyridine rings is 1. The maximum absolute atomic E-state index is 12.0. The highest BCUT2D eigenvalue weighted by atomic mass is 16.2. The molecular weight excluding hydrogens is 298 g/mol. The molecule has 0 aliphatic carbocycles. The van der Waals surface area contributed by atoms with Gasteiger partial charge in [-0.3, -0.25) is 9.78 Å². The Hall–Kier alpha value is -1.94. The van der Waals surface area contributed by atoms with Crippen molar-refractivity contribution in [3.8, 4) is 0 Å². The molecule has 1 aromatic carbocycles. The van der Waals surface area contributed by atoms with Gasteiger partial charge in [-0.2, -0.15) is 0 Å². The number of carbonyl (C=O) groups excluding carboxylic acids is 1. The number of aromatic nitrogens is 1. The van der Waals surface area contributed by atoms with Gasteiger partial charge >= 0.3 is 0 Å². The molecule has 4 nitrogen and oxygen atoms in total. The van der Waals surface area contributed by atoms with E-state index in [-0.39, 0.29) is 5.91 Å². The molecule has 1 aliphatic heterocycles. The maximum atomic E-state index is 12.0. The Morgan fingerprint density at radius 1 is 1.29 bits per heavy atom. The minimum Gasteiger partial charge on any atom is -0.342 e.